The fourth-order valence-corrected chi connectivity index (χ4v) is 1.86. The van der Waals surface area contributed by atoms with Gasteiger partial charge in [-0.25, -0.2) is 0 Å². The third-order valence-corrected chi connectivity index (χ3v) is 2.79. The fraction of sp³-hybridized carbons (Fsp3) is 0.222. The predicted molar refractivity (Wildman–Crippen MR) is 60.2 cm³/mol. The topological polar surface area (TPSA) is 75.8 Å². The van der Waals surface area contributed by atoms with Crippen molar-refractivity contribution in [2.24, 2.45) is 4.40 Å². The maximum absolute atomic E-state index is 11.6. The molecule has 1 aromatic rings. The average molecular weight is 227 g/mol. The Labute approximate surface area is 89.3 Å². The minimum Gasteiger partial charge on any atom is -0.399 e. The van der Waals surface area contributed by atoms with Gasteiger partial charge in [0.1, 0.15) is 6.34 Å². The molecule has 1 aromatic carbocycles. The van der Waals surface area contributed by atoms with Crippen molar-refractivity contribution in [3.8, 4) is 0 Å². The second-order valence-corrected chi connectivity index (χ2v) is 4.86. The lowest BCUT2D eigenvalue weighted by atomic mass is 10.3. The van der Waals surface area contributed by atoms with Gasteiger partial charge in [-0.2, -0.15) is 8.42 Å². The van der Waals surface area contributed by atoms with E-state index in [9.17, 15) is 8.42 Å². The van der Waals surface area contributed by atoms with Crippen LogP contribution in [0.2, 0.25) is 0 Å². The van der Waals surface area contributed by atoms with E-state index in [1.165, 1.54) is 18.5 Å². The van der Waals surface area contributed by atoms with Crippen LogP contribution >= 0.6 is 0 Å². The first kappa shape index (κ1) is 11.5. The number of hydrogen-bond acceptors (Lipinski definition) is 3. The molecular formula is C9H13N3O2S. The highest BCUT2D eigenvalue weighted by Gasteiger charge is 2.11. The minimum absolute atomic E-state index is 0.0978. The largest absolute Gasteiger partial charge is 0.399 e. The van der Waals surface area contributed by atoms with Crippen molar-refractivity contribution >= 4 is 22.0 Å². The van der Waals surface area contributed by atoms with Crippen LogP contribution in [0.25, 0.3) is 0 Å². The van der Waals surface area contributed by atoms with Gasteiger partial charge in [-0.05, 0) is 18.2 Å². The molecule has 0 aromatic heterocycles. The first-order chi connectivity index (χ1) is 6.92. The Kier molecular flexibility index (Phi) is 3.31. The van der Waals surface area contributed by atoms with Crippen molar-refractivity contribution in [3.63, 3.8) is 0 Å². The molecule has 0 aliphatic rings. The summed E-state index contributed by atoms with van der Waals surface area (Å²) in [6.45, 7) is 0. The van der Waals surface area contributed by atoms with Crippen molar-refractivity contribution in [2.45, 2.75) is 4.90 Å². The van der Waals surface area contributed by atoms with Crippen LogP contribution < -0.4 is 5.73 Å². The van der Waals surface area contributed by atoms with E-state index in [-0.39, 0.29) is 4.90 Å². The van der Waals surface area contributed by atoms with E-state index in [0.717, 1.165) is 0 Å². The molecule has 1 rings (SSSR count). The summed E-state index contributed by atoms with van der Waals surface area (Å²) in [5.41, 5.74) is 5.88. The van der Waals surface area contributed by atoms with Gasteiger partial charge in [0.05, 0.1) is 4.90 Å². The molecule has 2 N–H and O–H groups in total. The van der Waals surface area contributed by atoms with Crippen molar-refractivity contribution < 1.29 is 8.42 Å². The lowest BCUT2D eigenvalue weighted by molar-refractivity contribution is 0.595. The van der Waals surface area contributed by atoms with Gasteiger partial charge in [-0.15, -0.1) is 4.40 Å². The molecule has 0 radical (unpaired) electrons. The van der Waals surface area contributed by atoms with E-state index in [2.05, 4.69) is 4.40 Å². The standard InChI is InChI=1S/C9H13N3O2S/c1-12(2)7-11-15(13,14)9-5-3-4-8(10)6-9/h3-7H,10H2,1-2H3/b11-7+. The molecule has 6 heteroatoms. The van der Waals surface area contributed by atoms with Crippen LogP contribution in [0.4, 0.5) is 5.69 Å². The summed E-state index contributed by atoms with van der Waals surface area (Å²) in [5, 5.41) is 0. The van der Waals surface area contributed by atoms with Gasteiger partial charge >= 0.3 is 0 Å². The lowest BCUT2D eigenvalue weighted by Gasteiger charge is -2.03. The van der Waals surface area contributed by atoms with E-state index < -0.39 is 10.0 Å². The summed E-state index contributed by atoms with van der Waals surface area (Å²) in [4.78, 5) is 1.64. The van der Waals surface area contributed by atoms with Gasteiger partial charge in [0.15, 0.2) is 0 Å². The number of nitrogens with two attached hydrogens (primary N) is 1. The van der Waals surface area contributed by atoms with Crippen molar-refractivity contribution in [1.82, 2.24) is 4.90 Å². The summed E-state index contributed by atoms with van der Waals surface area (Å²) < 4.78 is 26.7. The highest BCUT2D eigenvalue weighted by Crippen LogP contribution is 2.14. The second kappa shape index (κ2) is 4.31. The highest BCUT2D eigenvalue weighted by atomic mass is 32.2. The Morgan fingerprint density at radius 3 is 2.60 bits per heavy atom. The molecule has 5 nitrogen and oxygen atoms in total. The normalized spacial score (nSPS) is 11.9. The summed E-state index contributed by atoms with van der Waals surface area (Å²) in [6.07, 6.45) is 1.23. The summed E-state index contributed by atoms with van der Waals surface area (Å²) >= 11 is 0. The van der Waals surface area contributed by atoms with Crippen LogP contribution in [0.1, 0.15) is 0 Å². The van der Waals surface area contributed by atoms with Gasteiger partial charge in [-0.1, -0.05) is 6.07 Å². The van der Waals surface area contributed by atoms with E-state index >= 15 is 0 Å². The summed E-state index contributed by atoms with van der Waals surface area (Å²) in [7, 11) is -0.244. The van der Waals surface area contributed by atoms with Crippen LogP contribution in [0, 0.1) is 0 Å². The number of nitrogen functional groups attached to an aromatic ring is 1. The number of rotatable bonds is 3. The lowest BCUT2D eigenvalue weighted by Crippen LogP contribution is -2.10. The molecule has 0 fully saturated rings. The first-order valence-electron chi connectivity index (χ1n) is 4.24. The highest BCUT2D eigenvalue weighted by molar-refractivity contribution is 7.90. The Morgan fingerprint density at radius 1 is 1.40 bits per heavy atom. The molecule has 0 spiro atoms. The van der Waals surface area contributed by atoms with Crippen molar-refractivity contribution in [2.75, 3.05) is 19.8 Å². The Bertz CT molecular complexity index is 466. The zero-order chi connectivity index (χ0) is 11.5. The third-order valence-electron chi connectivity index (χ3n) is 1.57. The predicted octanol–water partition coefficient (Wildman–Crippen LogP) is 0.547. The van der Waals surface area contributed by atoms with Gasteiger partial charge in [-0.3, -0.25) is 0 Å². The molecule has 0 heterocycles. The van der Waals surface area contributed by atoms with Crippen molar-refractivity contribution in [3.05, 3.63) is 24.3 Å². The smallest absolute Gasteiger partial charge is 0.283 e. The molecule has 0 bridgehead atoms. The van der Waals surface area contributed by atoms with E-state index in [0.29, 0.717) is 5.69 Å². The molecule has 0 amide bonds. The average Bonchev–Trinajstić information content (AvgIpc) is 2.15. The first-order valence-corrected chi connectivity index (χ1v) is 5.68. The molecule has 0 saturated heterocycles. The van der Waals surface area contributed by atoms with Crippen LogP contribution in [0.5, 0.6) is 0 Å². The van der Waals surface area contributed by atoms with Crippen LogP contribution in [0.3, 0.4) is 0 Å². The maximum Gasteiger partial charge on any atom is 0.283 e. The second-order valence-electron chi connectivity index (χ2n) is 3.23. The van der Waals surface area contributed by atoms with E-state index in [1.807, 2.05) is 0 Å². The van der Waals surface area contributed by atoms with E-state index in [4.69, 9.17) is 5.73 Å². The number of hydrogen-bond donors (Lipinski definition) is 1. The SMILES string of the molecule is CN(C)/C=N/S(=O)(=O)c1cccc(N)c1. The molecule has 82 valence electrons. The fourth-order valence-electron chi connectivity index (χ4n) is 0.892. The molecule has 15 heavy (non-hydrogen) atoms. The zero-order valence-electron chi connectivity index (χ0n) is 8.58. The molecule has 0 saturated carbocycles. The molecule has 0 unspecified atom stereocenters. The molecular weight excluding hydrogens is 214 g/mol. The Balaban J connectivity index is 3.07. The van der Waals surface area contributed by atoms with Crippen LogP contribution in [-0.4, -0.2) is 33.8 Å². The van der Waals surface area contributed by atoms with Crippen LogP contribution in [0.15, 0.2) is 33.6 Å². The molecule has 0 aliphatic carbocycles. The van der Waals surface area contributed by atoms with Gasteiger partial charge in [0.25, 0.3) is 10.0 Å². The summed E-state index contributed by atoms with van der Waals surface area (Å²) in [5.74, 6) is 0. The number of anilines is 1. The molecule has 0 atom stereocenters. The van der Waals surface area contributed by atoms with Gasteiger partial charge < -0.3 is 10.6 Å². The Morgan fingerprint density at radius 2 is 2.07 bits per heavy atom. The summed E-state index contributed by atoms with van der Waals surface area (Å²) in [6, 6.07) is 6.03. The van der Waals surface area contributed by atoms with Crippen molar-refractivity contribution in [1.29, 1.82) is 0 Å². The quantitative estimate of drug-likeness (QED) is 0.465. The molecule has 0 aliphatic heterocycles. The monoisotopic (exact) mass is 227 g/mol. The number of nitrogens with zero attached hydrogens (tertiary/aromatic N) is 2. The maximum atomic E-state index is 11.6. The zero-order valence-corrected chi connectivity index (χ0v) is 9.40. The van der Waals surface area contributed by atoms with Gasteiger partial charge in [0, 0.05) is 19.8 Å². The third kappa shape index (κ3) is 3.25. The minimum atomic E-state index is -3.63. The number of benzene rings is 1. The Hall–Kier alpha value is -1.56. The van der Waals surface area contributed by atoms with E-state index in [1.54, 1.807) is 31.1 Å². The van der Waals surface area contributed by atoms with Crippen LogP contribution in [-0.2, 0) is 10.0 Å². The van der Waals surface area contributed by atoms with Gasteiger partial charge in [0.2, 0.25) is 0 Å². The number of sulfonamides is 1.